The zero-order chi connectivity index (χ0) is 88.2. The first-order valence-electron chi connectivity index (χ1n) is 38.2. The molecule has 10 fully saturated rings. The molecule has 54 nitrogen and oxygen atoms in total. The van der Waals surface area contributed by atoms with Crippen LogP contribution in [0.3, 0.4) is 0 Å². The number of aliphatic hydroxyl groups excluding tert-OH is 29. The second-order valence-corrected chi connectivity index (χ2v) is 30.3. The van der Waals surface area contributed by atoms with Gasteiger partial charge in [-0.15, -0.1) is 0 Å². The van der Waals surface area contributed by atoms with Gasteiger partial charge in [0, 0.05) is 20.8 Å². The lowest BCUT2D eigenvalue weighted by molar-refractivity contribution is -0.405. The minimum atomic E-state index is -2.63. The lowest BCUT2D eigenvalue weighted by Crippen LogP contribution is -2.71. The predicted octanol–water partition coefficient (Wildman–Crippen LogP) is -22.4. The molecule has 10 heterocycles. The van der Waals surface area contributed by atoms with Crippen molar-refractivity contribution in [3.63, 3.8) is 0 Å². The van der Waals surface area contributed by atoms with Crippen molar-refractivity contribution in [2.45, 2.75) is 328 Å². The van der Waals surface area contributed by atoms with Crippen LogP contribution in [0.2, 0.25) is 0 Å². The number of hydrogen-bond acceptors (Lipinski definition) is 51. The molecular weight excluding hydrogens is 1650 g/mol. The standard InChI is InChI=1S/C66H111N3O51/c1-14(78)67-27-36(87)50(21(8-74)104-57(27)101)117-65-49(100)55(35(86)26(113-65)13-103-61-48(99)54(118-64-46(97)42(93)33(84)20(7-73)108-64)34(85)25(112-61)12-102-60-43(94)39(90)30(81)17(4-70)105-60)119-66-56(120-59-29(69-16(3)80)38(89)52(23(10-76)110-59)116-63-45(96)41(92)32(83)19(6-72)107-63)47(98)53(24(11-77)111-66)114-58-28(68-15(2)79)37(88)51(22(9-75)109-58)115-62-44(95)40(91)31(82)18(5-71)106-62/h17-66,70-77,81-101H,4-13H2,1-3H3,(H,67,78)(H,68,79)(H,69,80)/t17-,18-,19-,20-,21-,22-,23-,24-,25-,26-,27-,28-,29-,30-,31+,32+,33-,34-,35-,36-,37-,38-,39+,40+,41+,42+,43+,44-,45-,46+,47+,48+,49+,50-,51-,52-,53-,54+,55+,56+,57?,58+,59+,60+,61+,62+,63+,64-,65+,66-/m1/s1. The molecule has 10 aliphatic heterocycles. The van der Waals surface area contributed by atoms with E-state index < -0.39 is 391 Å². The molecule has 32 N–H and O–H groups in total. The van der Waals surface area contributed by atoms with E-state index >= 15 is 0 Å². The Morgan fingerprint density at radius 2 is 0.450 bits per heavy atom. The Kier molecular flexibility index (Phi) is 35.4. The Hall–Kier alpha value is -3.51. The van der Waals surface area contributed by atoms with Gasteiger partial charge in [0.05, 0.1) is 66.1 Å². The summed E-state index contributed by atoms with van der Waals surface area (Å²) in [4.78, 5) is 38.8. The fourth-order valence-corrected chi connectivity index (χ4v) is 15.4. The fourth-order valence-electron chi connectivity index (χ4n) is 15.4. The third-order valence-electron chi connectivity index (χ3n) is 22.1. The number of amides is 3. The van der Waals surface area contributed by atoms with Crippen molar-refractivity contribution in [3.05, 3.63) is 0 Å². The van der Waals surface area contributed by atoms with Crippen molar-refractivity contribution < 1.29 is 252 Å². The first kappa shape index (κ1) is 98.7. The zero-order valence-electron chi connectivity index (χ0n) is 63.9. The van der Waals surface area contributed by atoms with Crippen LogP contribution in [-0.2, 0) is 104 Å². The minimum absolute atomic E-state index is 0.885. The van der Waals surface area contributed by atoms with Gasteiger partial charge in [0.15, 0.2) is 62.9 Å². The number of ether oxygens (including phenoxy) is 19. The molecule has 1 unspecified atom stereocenters. The van der Waals surface area contributed by atoms with Gasteiger partial charge in [0.25, 0.3) is 0 Å². The van der Waals surface area contributed by atoms with Crippen molar-refractivity contribution in [1.82, 2.24) is 16.0 Å². The van der Waals surface area contributed by atoms with E-state index in [4.69, 9.17) is 90.0 Å². The van der Waals surface area contributed by atoms with E-state index in [9.17, 15) is 162 Å². The summed E-state index contributed by atoms with van der Waals surface area (Å²) in [6, 6.07) is -5.92. The van der Waals surface area contributed by atoms with Crippen molar-refractivity contribution >= 4 is 17.7 Å². The molecule has 696 valence electrons. The summed E-state index contributed by atoms with van der Waals surface area (Å²) in [5.74, 6) is -2.92. The zero-order valence-corrected chi connectivity index (χ0v) is 63.9. The highest BCUT2D eigenvalue weighted by Crippen LogP contribution is 2.41. The van der Waals surface area contributed by atoms with Gasteiger partial charge in [0.1, 0.15) is 244 Å². The normalized spacial score (nSPS) is 50.4. The Labute approximate surface area is 678 Å². The lowest BCUT2D eigenvalue weighted by Gasteiger charge is -2.52. The second kappa shape index (κ2) is 43.1. The minimum Gasteiger partial charge on any atom is -0.394 e. The molecule has 0 aromatic carbocycles. The molecule has 0 aromatic heterocycles. The largest absolute Gasteiger partial charge is 0.394 e. The average Bonchev–Trinajstić information content (AvgIpc) is 0.758. The van der Waals surface area contributed by atoms with Gasteiger partial charge < -0.3 is 254 Å². The number of nitrogens with one attached hydrogen (secondary N) is 3. The van der Waals surface area contributed by atoms with Crippen LogP contribution in [0.1, 0.15) is 20.8 Å². The van der Waals surface area contributed by atoms with Crippen LogP contribution >= 0.6 is 0 Å². The van der Waals surface area contributed by atoms with E-state index in [1.54, 1.807) is 0 Å². The summed E-state index contributed by atoms with van der Waals surface area (Å²) in [6.07, 6.45) is -101. The van der Waals surface area contributed by atoms with Crippen molar-refractivity contribution in [3.8, 4) is 0 Å². The Balaban J connectivity index is 1.02. The Morgan fingerprint density at radius 1 is 0.217 bits per heavy atom. The summed E-state index contributed by atoms with van der Waals surface area (Å²) < 4.78 is 112. The molecule has 10 aliphatic rings. The highest BCUT2D eigenvalue weighted by atomic mass is 16.8. The molecular formula is C66H111N3O51. The van der Waals surface area contributed by atoms with Crippen LogP contribution < -0.4 is 16.0 Å². The first-order chi connectivity index (χ1) is 56.8. The lowest BCUT2D eigenvalue weighted by atomic mass is 9.93. The summed E-state index contributed by atoms with van der Waals surface area (Å²) >= 11 is 0. The highest BCUT2D eigenvalue weighted by molar-refractivity contribution is 5.74. The average molecular weight is 1760 g/mol. The quantitative estimate of drug-likeness (QED) is 0.0306. The molecule has 120 heavy (non-hydrogen) atoms. The smallest absolute Gasteiger partial charge is 0.217 e. The van der Waals surface area contributed by atoms with Crippen LogP contribution in [-0.4, -0.2) is 539 Å². The second-order valence-electron chi connectivity index (χ2n) is 30.3. The molecule has 54 heteroatoms. The molecule has 0 bridgehead atoms. The van der Waals surface area contributed by atoms with Gasteiger partial charge in [-0.1, -0.05) is 0 Å². The molecule has 3 amide bonds. The number of hydrogen-bond donors (Lipinski definition) is 32. The Bertz CT molecular complexity index is 3170. The van der Waals surface area contributed by atoms with Crippen LogP contribution in [0, 0.1) is 0 Å². The van der Waals surface area contributed by atoms with E-state index in [1.807, 2.05) is 0 Å². The van der Waals surface area contributed by atoms with E-state index in [2.05, 4.69) is 16.0 Å². The number of carbonyl (C=O) groups excluding carboxylic acids is 3. The molecule has 0 aliphatic carbocycles. The maximum absolute atomic E-state index is 13.3. The molecule has 10 rings (SSSR count). The summed E-state index contributed by atoms with van der Waals surface area (Å²) in [7, 11) is 0. The van der Waals surface area contributed by atoms with Gasteiger partial charge in [-0.05, 0) is 0 Å². The van der Waals surface area contributed by atoms with E-state index in [0.29, 0.717) is 0 Å². The first-order valence-corrected chi connectivity index (χ1v) is 38.2. The van der Waals surface area contributed by atoms with Crippen LogP contribution in [0.4, 0.5) is 0 Å². The molecule has 0 radical (unpaired) electrons. The van der Waals surface area contributed by atoms with Gasteiger partial charge in [-0.2, -0.15) is 0 Å². The number of aliphatic hydroxyl groups is 29. The molecule has 50 atom stereocenters. The molecule has 0 aromatic rings. The van der Waals surface area contributed by atoms with Crippen molar-refractivity contribution in [2.75, 3.05) is 66.1 Å². The van der Waals surface area contributed by atoms with Gasteiger partial charge in [-0.3, -0.25) is 14.4 Å². The fraction of sp³-hybridized carbons (Fsp3) is 0.955. The molecule has 10 saturated heterocycles. The maximum atomic E-state index is 13.3. The van der Waals surface area contributed by atoms with Gasteiger partial charge in [0.2, 0.25) is 17.7 Å². The van der Waals surface area contributed by atoms with E-state index in [1.165, 1.54) is 0 Å². The highest BCUT2D eigenvalue weighted by Gasteiger charge is 2.62. The van der Waals surface area contributed by atoms with E-state index in [0.717, 1.165) is 20.8 Å². The van der Waals surface area contributed by atoms with Crippen LogP contribution in [0.25, 0.3) is 0 Å². The summed E-state index contributed by atoms with van der Waals surface area (Å²) in [6.45, 7) is -8.44. The van der Waals surface area contributed by atoms with Crippen molar-refractivity contribution in [2.24, 2.45) is 0 Å². The SMILES string of the molecule is CC(=O)N[C@H]1[C@H](O[C@@H]2[C@@H](O[C@@H]3[C@H](O)[C@H](O[C@H]4[C@H](O)[C@@H](NC(C)=O)C(O)O[C@@H]4CO)O[C@H](CO[C@H]4O[C@H](CO[C@H]5O[C@H](CO)[C@@H](O)[C@H](O)[C@@H]5O)[C@@H](O)[C@H](O[C@H]5O[C@H](CO)[C@@H](O)[C@H](O)[C@@H]5O)[C@@H]4O)[C@H]3O)O[C@H](CO)[C@@H](O[C@@H]3O[C@H](CO)[C@@H](O[C@@H]4O[C@H](CO)[C@H](O)[C@H](O)[C@H]4O)[C@H](O)[C@H]3NC(C)=O)[C@@H]2O)O[C@H](CO)[C@@H](O[C@@H]2O[C@H](CO)[C@H](O)[C@H](O)[C@H]2O)[C@@H]1O. The topological polar surface area (TPSA) is 849 Å². The summed E-state index contributed by atoms with van der Waals surface area (Å²) in [5, 5.41) is 329. The van der Waals surface area contributed by atoms with Crippen LogP contribution in [0.15, 0.2) is 0 Å². The maximum Gasteiger partial charge on any atom is 0.217 e. The third-order valence-corrected chi connectivity index (χ3v) is 22.1. The number of carbonyl (C=O) groups is 3. The van der Waals surface area contributed by atoms with Crippen molar-refractivity contribution in [1.29, 1.82) is 0 Å². The summed E-state index contributed by atoms with van der Waals surface area (Å²) in [5.41, 5.74) is 0. The van der Waals surface area contributed by atoms with E-state index in [-0.39, 0.29) is 0 Å². The predicted molar refractivity (Wildman–Crippen MR) is 364 cm³/mol. The van der Waals surface area contributed by atoms with Crippen LogP contribution in [0.5, 0.6) is 0 Å². The molecule has 0 saturated carbocycles. The molecule has 0 spiro atoms. The number of rotatable bonds is 31. The monoisotopic (exact) mass is 1760 g/mol. The third kappa shape index (κ3) is 21.4. The van der Waals surface area contributed by atoms with Gasteiger partial charge >= 0.3 is 0 Å². The Morgan fingerprint density at radius 3 is 0.808 bits per heavy atom. The van der Waals surface area contributed by atoms with Gasteiger partial charge in [-0.25, -0.2) is 0 Å².